The van der Waals surface area contributed by atoms with Crippen molar-refractivity contribution >= 4 is 11.9 Å². The fraction of sp³-hybridized carbons (Fsp3) is 0.231. The minimum absolute atomic E-state index is 0.0658. The number of aliphatic carboxylic acids is 1. The largest absolute Gasteiger partial charge is 0.480 e. The van der Waals surface area contributed by atoms with Crippen molar-refractivity contribution in [1.29, 1.82) is 0 Å². The number of carboxylic acid groups (broad SMARTS) is 1. The van der Waals surface area contributed by atoms with Crippen molar-refractivity contribution < 1.29 is 14.7 Å². The van der Waals surface area contributed by atoms with Gasteiger partial charge in [-0.05, 0) is 35.2 Å². The average molecular weight is 415 g/mol. The molecule has 5 heteroatoms. The third-order valence-corrected chi connectivity index (χ3v) is 5.84. The number of benzene rings is 3. The fourth-order valence-electron chi connectivity index (χ4n) is 4.33. The summed E-state index contributed by atoms with van der Waals surface area (Å²) in [5.74, 6) is -0.991. The first kappa shape index (κ1) is 20.8. The van der Waals surface area contributed by atoms with E-state index in [1.54, 1.807) is 24.3 Å². The van der Waals surface area contributed by atoms with E-state index in [9.17, 15) is 14.7 Å². The van der Waals surface area contributed by atoms with Crippen molar-refractivity contribution in [1.82, 2.24) is 10.2 Å². The third kappa shape index (κ3) is 4.84. The molecule has 1 aliphatic rings. The molecular formula is C26H26N2O3. The third-order valence-electron chi connectivity index (χ3n) is 5.84. The van der Waals surface area contributed by atoms with Gasteiger partial charge in [0.05, 0.1) is 0 Å². The molecule has 1 heterocycles. The van der Waals surface area contributed by atoms with Gasteiger partial charge in [0.1, 0.15) is 6.54 Å². The van der Waals surface area contributed by atoms with Crippen molar-refractivity contribution in [3.8, 4) is 0 Å². The van der Waals surface area contributed by atoms with E-state index >= 15 is 0 Å². The van der Waals surface area contributed by atoms with Crippen LogP contribution in [0.1, 0.15) is 45.4 Å². The van der Waals surface area contributed by atoms with Crippen LogP contribution in [0.5, 0.6) is 0 Å². The minimum atomic E-state index is -1.01. The number of carbonyl (C=O) groups excluding carboxylic acids is 1. The van der Waals surface area contributed by atoms with Crippen LogP contribution in [0.25, 0.3) is 0 Å². The van der Waals surface area contributed by atoms with Crippen LogP contribution in [0.3, 0.4) is 0 Å². The van der Waals surface area contributed by atoms with Crippen LogP contribution in [0.2, 0.25) is 0 Å². The van der Waals surface area contributed by atoms with Crippen LogP contribution in [0.15, 0.2) is 84.9 Å². The van der Waals surface area contributed by atoms with Crippen LogP contribution >= 0.6 is 0 Å². The highest BCUT2D eigenvalue weighted by molar-refractivity contribution is 5.95. The Morgan fingerprint density at radius 1 is 0.871 bits per heavy atom. The number of nitrogens with one attached hydrogen (secondary N) is 1. The molecule has 3 aromatic carbocycles. The van der Waals surface area contributed by atoms with E-state index in [4.69, 9.17) is 0 Å². The Labute approximate surface area is 182 Å². The maximum absolute atomic E-state index is 12.9. The predicted molar refractivity (Wildman–Crippen MR) is 120 cm³/mol. The number of carboxylic acids is 1. The quantitative estimate of drug-likeness (QED) is 0.611. The summed E-state index contributed by atoms with van der Waals surface area (Å²) in [5.41, 5.74) is 4.28. The molecule has 4 rings (SSSR count). The van der Waals surface area contributed by atoms with Gasteiger partial charge in [0.2, 0.25) is 0 Å². The van der Waals surface area contributed by atoms with Gasteiger partial charge in [0.15, 0.2) is 0 Å². The molecule has 1 aliphatic heterocycles. The number of amides is 1. The highest BCUT2D eigenvalue weighted by atomic mass is 16.4. The molecule has 0 saturated heterocycles. The maximum Gasteiger partial charge on any atom is 0.323 e. The molecule has 0 spiro atoms. The highest BCUT2D eigenvalue weighted by Gasteiger charge is 2.28. The zero-order valence-electron chi connectivity index (χ0n) is 17.3. The smallest absolute Gasteiger partial charge is 0.323 e. The van der Waals surface area contributed by atoms with Gasteiger partial charge < -0.3 is 15.3 Å². The Balaban J connectivity index is 1.52. The van der Waals surface area contributed by atoms with Crippen molar-refractivity contribution in [3.05, 3.63) is 107 Å². The summed E-state index contributed by atoms with van der Waals surface area (Å²) in [7, 11) is 0. The molecular weight excluding hydrogens is 388 g/mol. The van der Waals surface area contributed by atoms with Gasteiger partial charge in [-0.3, -0.25) is 9.59 Å². The summed E-state index contributed by atoms with van der Waals surface area (Å²) in [6, 6.07) is 27.7. The zero-order chi connectivity index (χ0) is 21.6. The van der Waals surface area contributed by atoms with Crippen LogP contribution in [0, 0.1) is 0 Å². The maximum atomic E-state index is 12.9. The van der Waals surface area contributed by atoms with Gasteiger partial charge in [-0.15, -0.1) is 0 Å². The molecule has 0 fully saturated rings. The lowest BCUT2D eigenvalue weighted by atomic mass is 9.82. The zero-order valence-corrected chi connectivity index (χ0v) is 17.3. The second-order valence-electron chi connectivity index (χ2n) is 7.83. The van der Waals surface area contributed by atoms with Gasteiger partial charge in [0.25, 0.3) is 5.91 Å². The summed E-state index contributed by atoms with van der Waals surface area (Å²) in [5, 5.41) is 13.0. The molecule has 2 unspecified atom stereocenters. The second kappa shape index (κ2) is 9.58. The minimum Gasteiger partial charge on any atom is -0.480 e. The number of fused-ring (bicyclic) bond motifs is 1. The molecule has 1 amide bonds. The van der Waals surface area contributed by atoms with E-state index < -0.39 is 5.97 Å². The molecule has 31 heavy (non-hydrogen) atoms. The summed E-state index contributed by atoms with van der Waals surface area (Å²) in [4.78, 5) is 25.7. The van der Waals surface area contributed by atoms with Crippen molar-refractivity contribution in [2.45, 2.75) is 18.4 Å². The number of hydrogen-bond acceptors (Lipinski definition) is 3. The lowest BCUT2D eigenvalue weighted by molar-refractivity contribution is -0.137. The Bertz CT molecular complexity index is 1040. The Hall–Kier alpha value is -3.44. The van der Waals surface area contributed by atoms with Crippen LogP contribution < -0.4 is 5.32 Å². The molecule has 0 bridgehead atoms. The Morgan fingerprint density at radius 3 is 2.16 bits per heavy atom. The normalized spacial score (nSPS) is 17.5. The van der Waals surface area contributed by atoms with E-state index in [2.05, 4.69) is 47.8 Å². The second-order valence-corrected chi connectivity index (χ2v) is 7.83. The highest BCUT2D eigenvalue weighted by Crippen LogP contribution is 2.35. The van der Waals surface area contributed by atoms with Crippen LogP contribution in [-0.4, -0.2) is 41.5 Å². The summed E-state index contributed by atoms with van der Waals surface area (Å²) in [6.07, 6.45) is 0.643. The molecule has 0 aliphatic carbocycles. The molecule has 5 nitrogen and oxygen atoms in total. The standard InChI is InChI=1S/C26H26N2O3/c29-25(30)18-28(26(31)20-11-5-2-6-12-20)16-15-24-22-14-8-7-13-21(22)23(17-27-24)19-9-3-1-4-10-19/h1-14,23-24,27H,15-18H2,(H,29,30). The van der Waals surface area contributed by atoms with Gasteiger partial charge in [0, 0.05) is 30.6 Å². The lowest BCUT2D eigenvalue weighted by Crippen LogP contribution is -2.40. The van der Waals surface area contributed by atoms with Gasteiger partial charge in [-0.25, -0.2) is 0 Å². The van der Waals surface area contributed by atoms with E-state index in [-0.39, 0.29) is 24.4 Å². The number of carbonyl (C=O) groups is 2. The fourth-order valence-corrected chi connectivity index (χ4v) is 4.33. The SMILES string of the molecule is O=C(O)CN(CCC1NCC(c2ccccc2)c2ccccc21)C(=O)c1ccccc1. The monoisotopic (exact) mass is 414 g/mol. The van der Waals surface area contributed by atoms with E-state index in [1.807, 2.05) is 18.2 Å². The van der Waals surface area contributed by atoms with Gasteiger partial charge >= 0.3 is 5.97 Å². The lowest BCUT2D eigenvalue weighted by Gasteiger charge is -2.34. The summed E-state index contributed by atoms with van der Waals surface area (Å²) < 4.78 is 0. The van der Waals surface area contributed by atoms with Crippen LogP contribution in [-0.2, 0) is 4.79 Å². The number of nitrogens with zero attached hydrogens (tertiary/aromatic N) is 1. The van der Waals surface area contributed by atoms with Crippen LogP contribution in [0.4, 0.5) is 0 Å². The molecule has 158 valence electrons. The van der Waals surface area contributed by atoms with Crippen molar-refractivity contribution in [2.75, 3.05) is 19.6 Å². The Morgan fingerprint density at radius 2 is 1.48 bits per heavy atom. The number of hydrogen-bond donors (Lipinski definition) is 2. The molecule has 0 saturated carbocycles. The number of rotatable bonds is 7. The van der Waals surface area contributed by atoms with E-state index in [0.29, 0.717) is 18.5 Å². The predicted octanol–water partition coefficient (Wildman–Crippen LogP) is 4.08. The summed E-state index contributed by atoms with van der Waals surface area (Å²) >= 11 is 0. The summed E-state index contributed by atoms with van der Waals surface area (Å²) in [6.45, 7) is 0.855. The molecule has 3 aromatic rings. The first-order valence-corrected chi connectivity index (χ1v) is 10.6. The first-order chi connectivity index (χ1) is 15.1. The molecule has 0 aromatic heterocycles. The Kier molecular flexibility index (Phi) is 6.43. The van der Waals surface area contributed by atoms with Gasteiger partial charge in [-0.1, -0.05) is 72.8 Å². The van der Waals surface area contributed by atoms with E-state index in [0.717, 1.165) is 6.54 Å². The van der Waals surface area contributed by atoms with Crippen molar-refractivity contribution in [2.24, 2.45) is 0 Å². The van der Waals surface area contributed by atoms with Gasteiger partial charge in [-0.2, -0.15) is 0 Å². The molecule has 0 radical (unpaired) electrons. The average Bonchev–Trinajstić information content (AvgIpc) is 2.82. The molecule has 2 atom stereocenters. The van der Waals surface area contributed by atoms with E-state index in [1.165, 1.54) is 21.6 Å². The topological polar surface area (TPSA) is 69.6 Å². The first-order valence-electron chi connectivity index (χ1n) is 10.6. The van der Waals surface area contributed by atoms with Crippen molar-refractivity contribution in [3.63, 3.8) is 0 Å². The molecule has 2 N–H and O–H groups in total.